The van der Waals surface area contributed by atoms with Crippen LogP contribution in [-0.2, 0) is 10.2 Å². The zero-order valence-corrected chi connectivity index (χ0v) is 18.0. The maximum atomic E-state index is 13.7. The summed E-state index contributed by atoms with van der Waals surface area (Å²) in [6.07, 6.45) is 12.7. The van der Waals surface area contributed by atoms with E-state index in [1.54, 1.807) is 0 Å². The lowest BCUT2D eigenvalue weighted by molar-refractivity contribution is -0.159. The molecule has 3 heteroatoms. The standard InChI is InChI=1S/C26H38N2O/c1-2-6-23-18-13-25(20-7-4-3-5-8-20)14-19(23)16-26(15-18,17-25)24(29)28-22-11-9-21(27)10-12-22/h3-5,7-8,18-19,21-23H,2,6,9-17,27H2,1H3,(H,28,29). The third kappa shape index (κ3) is 3.34. The van der Waals surface area contributed by atoms with Crippen LogP contribution < -0.4 is 11.1 Å². The van der Waals surface area contributed by atoms with Gasteiger partial charge in [-0.2, -0.15) is 0 Å². The van der Waals surface area contributed by atoms with Crippen LogP contribution in [0.2, 0.25) is 0 Å². The molecule has 1 aromatic rings. The van der Waals surface area contributed by atoms with Crippen LogP contribution in [0, 0.1) is 23.2 Å². The highest BCUT2D eigenvalue weighted by Crippen LogP contribution is 2.68. The van der Waals surface area contributed by atoms with Gasteiger partial charge in [0.05, 0.1) is 5.41 Å². The molecule has 5 fully saturated rings. The Kier molecular flexibility index (Phi) is 5.01. The van der Waals surface area contributed by atoms with Gasteiger partial charge in [0, 0.05) is 12.1 Å². The molecule has 1 amide bonds. The predicted octanol–water partition coefficient (Wildman–Crippen LogP) is 4.94. The molecule has 5 aliphatic carbocycles. The maximum absolute atomic E-state index is 13.7. The summed E-state index contributed by atoms with van der Waals surface area (Å²) in [7, 11) is 0. The summed E-state index contributed by atoms with van der Waals surface area (Å²) < 4.78 is 0. The van der Waals surface area contributed by atoms with E-state index in [2.05, 4.69) is 42.6 Å². The lowest BCUT2D eigenvalue weighted by atomic mass is 9.39. The van der Waals surface area contributed by atoms with Gasteiger partial charge < -0.3 is 11.1 Å². The van der Waals surface area contributed by atoms with Crippen LogP contribution in [0.15, 0.2) is 30.3 Å². The molecule has 0 saturated heterocycles. The zero-order valence-electron chi connectivity index (χ0n) is 18.0. The van der Waals surface area contributed by atoms with Gasteiger partial charge in [-0.25, -0.2) is 0 Å². The molecule has 2 atom stereocenters. The number of nitrogens with two attached hydrogens (primary N) is 1. The van der Waals surface area contributed by atoms with Gasteiger partial charge in [-0.15, -0.1) is 0 Å². The fourth-order valence-corrected chi connectivity index (χ4v) is 8.05. The van der Waals surface area contributed by atoms with E-state index in [-0.39, 0.29) is 10.8 Å². The second-order valence-electron chi connectivity index (χ2n) is 11.0. The Balaban J connectivity index is 1.42. The lowest BCUT2D eigenvalue weighted by Gasteiger charge is -2.64. The highest BCUT2D eigenvalue weighted by atomic mass is 16.2. The molecule has 29 heavy (non-hydrogen) atoms. The molecule has 0 aliphatic heterocycles. The number of carbonyl (C=O) groups excluding carboxylic acids is 1. The number of amides is 1. The monoisotopic (exact) mass is 394 g/mol. The molecule has 2 unspecified atom stereocenters. The van der Waals surface area contributed by atoms with Crippen molar-refractivity contribution in [2.24, 2.45) is 28.9 Å². The molecule has 0 heterocycles. The smallest absolute Gasteiger partial charge is 0.226 e. The molecule has 5 aliphatic rings. The van der Waals surface area contributed by atoms with Gasteiger partial charge in [0.2, 0.25) is 5.91 Å². The molecule has 5 saturated carbocycles. The SMILES string of the molecule is CCCC1C2CC3(C(=O)NC4CCC(N)CC4)CC1CC(c1ccccc1)(C2)C3. The summed E-state index contributed by atoms with van der Waals surface area (Å²) in [5, 5.41) is 3.52. The Morgan fingerprint density at radius 3 is 2.31 bits per heavy atom. The van der Waals surface area contributed by atoms with E-state index in [0.29, 0.717) is 18.0 Å². The normalized spacial score (nSPS) is 43.3. The van der Waals surface area contributed by atoms with Crippen molar-refractivity contribution in [3.8, 4) is 0 Å². The molecule has 158 valence electrons. The summed E-state index contributed by atoms with van der Waals surface area (Å²) in [6, 6.07) is 11.8. The number of nitrogens with one attached hydrogen (secondary N) is 1. The topological polar surface area (TPSA) is 55.1 Å². The highest BCUT2D eigenvalue weighted by Gasteiger charge is 2.63. The molecule has 3 N–H and O–H groups in total. The van der Waals surface area contributed by atoms with Crippen molar-refractivity contribution in [3.63, 3.8) is 0 Å². The number of hydrogen-bond donors (Lipinski definition) is 2. The first-order valence-corrected chi connectivity index (χ1v) is 12.2. The predicted molar refractivity (Wildman–Crippen MR) is 117 cm³/mol. The van der Waals surface area contributed by atoms with Crippen LogP contribution >= 0.6 is 0 Å². The van der Waals surface area contributed by atoms with Crippen LogP contribution in [0.3, 0.4) is 0 Å². The summed E-state index contributed by atoms with van der Waals surface area (Å²) in [4.78, 5) is 13.7. The first kappa shape index (κ1) is 19.6. The highest BCUT2D eigenvalue weighted by molar-refractivity contribution is 5.84. The van der Waals surface area contributed by atoms with Crippen molar-refractivity contribution >= 4 is 5.91 Å². The van der Waals surface area contributed by atoms with Crippen LogP contribution in [0.1, 0.15) is 83.1 Å². The van der Waals surface area contributed by atoms with Gasteiger partial charge in [-0.05, 0) is 86.5 Å². The molecule has 1 aromatic carbocycles. The van der Waals surface area contributed by atoms with Gasteiger partial charge in [0.1, 0.15) is 0 Å². The summed E-state index contributed by atoms with van der Waals surface area (Å²) in [5.74, 6) is 2.66. The van der Waals surface area contributed by atoms with Crippen LogP contribution in [-0.4, -0.2) is 18.0 Å². The van der Waals surface area contributed by atoms with E-state index in [1.165, 1.54) is 31.2 Å². The van der Waals surface area contributed by atoms with Gasteiger partial charge in [0.25, 0.3) is 0 Å². The second kappa shape index (κ2) is 7.41. The van der Waals surface area contributed by atoms with Crippen molar-refractivity contribution < 1.29 is 4.79 Å². The Labute approximate surface area is 176 Å². The molecule has 0 radical (unpaired) electrons. The number of carbonyl (C=O) groups is 1. The van der Waals surface area contributed by atoms with Crippen molar-refractivity contribution in [1.29, 1.82) is 0 Å². The van der Waals surface area contributed by atoms with Gasteiger partial charge in [0.15, 0.2) is 0 Å². The van der Waals surface area contributed by atoms with E-state index in [9.17, 15) is 4.79 Å². The van der Waals surface area contributed by atoms with E-state index >= 15 is 0 Å². The van der Waals surface area contributed by atoms with E-state index in [0.717, 1.165) is 62.7 Å². The van der Waals surface area contributed by atoms with Crippen molar-refractivity contribution in [1.82, 2.24) is 5.32 Å². The fraction of sp³-hybridized carbons (Fsp3) is 0.731. The van der Waals surface area contributed by atoms with Gasteiger partial charge in [-0.1, -0.05) is 50.1 Å². The first-order valence-electron chi connectivity index (χ1n) is 12.2. The fourth-order valence-electron chi connectivity index (χ4n) is 8.05. The zero-order chi connectivity index (χ0) is 20.1. The molecule has 0 aromatic heterocycles. The molecular formula is C26H38N2O. The Bertz CT molecular complexity index is 720. The lowest BCUT2D eigenvalue weighted by Crippen LogP contribution is -2.62. The summed E-state index contributed by atoms with van der Waals surface area (Å²) >= 11 is 0. The Hall–Kier alpha value is -1.35. The molecule has 0 spiro atoms. The second-order valence-corrected chi connectivity index (χ2v) is 11.0. The molecule has 4 bridgehead atoms. The average molecular weight is 395 g/mol. The minimum atomic E-state index is -0.133. The number of benzene rings is 1. The quantitative estimate of drug-likeness (QED) is 0.743. The first-order chi connectivity index (χ1) is 14.0. The van der Waals surface area contributed by atoms with Gasteiger partial charge in [-0.3, -0.25) is 4.79 Å². The molecule has 6 rings (SSSR count). The third-order valence-electron chi connectivity index (χ3n) is 9.10. The Morgan fingerprint density at radius 2 is 1.69 bits per heavy atom. The minimum Gasteiger partial charge on any atom is -0.353 e. The third-order valence-corrected chi connectivity index (χ3v) is 9.10. The largest absolute Gasteiger partial charge is 0.353 e. The minimum absolute atomic E-state index is 0.133. The van der Waals surface area contributed by atoms with E-state index in [4.69, 9.17) is 5.73 Å². The number of hydrogen-bond acceptors (Lipinski definition) is 2. The van der Waals surface area contributed by atoms with Crippen LogP contribution in [0.5, 0.6) is 0 Å². The summed E-state index contributed by atoms with van der Waals surface area (Å²) in [5.41, 5.74) is 7.67. The van der Waals surface area contributed by atoms with Crippen molar-refractivity contribution in [3.05, 3.63) is 35.9 Å². The van der Waals surface area contributed by atoms with Crippen molar-refractivity contribution in [2.75, 3.05) is 0 Å². The van der Waals surface area contributed by atoms with E-state index in [1.807, 2.05) is 0 Å². The van der Waals surface area contributed by atoms with Gasteiger partial charge >= 0.3 is 0 Å². The van der Waals surface area contributed by atoms with E-state index < -0.39 is 0 Å². The maximum Gasteiger partial charge on any atom is 0.226 e. The molecular weight excluding hydrogens is 356 g/mol. The van der Waals surface area contributed by atoms with Crippen LogP contribution in [0.4, 0.5) is 0 Å². The number of rotatable bonds is 5. The van der Waals surface area contributed by atoms with Crippen LogP contribution in [0.25, 0.3) is 0 Å². The van der Waals surface area contributed by atoms with Crippen molar-refractivity contribution in [2.45, 2.75) is 95.1 Å². The molecule has 3 nitrogen and oxygen atoms in total. The average Bonchev–Trinajstić information content (AvgIpc) is 2.72. The Morgan fingerprint density at radius 1 is 1.03 bits per heavy atom. The summed E-state index contributed by atoms with van der Waals surface area (Å²) in [6.45, 7) is 2.33.